The van der Waals surface area contributed by atoms with Crippen LogP contribution >= 0.6 is 0 Å². The molecule has 0 unspecified atom stereocenters. The van der Waals surface area contributed by atoms with Crippen LogP contribution in [0.5, 0.6) is 0 Å². The Bertz CT molecular complexity index is 2010. The number of aromatic nitrogens is 4. The first-order chi connectivity index (χ1) is 21.8. The fourth-order valence-corrected chi connectivity index (χ4v) is 5.59. The van der Waals surface area contributed by atoms with E-state index in [2.05, 4.69) is 66.8 Å². The highest BCUT2D eigenvalue weighted by atomic mass is 15.2. The molecule has 0 radical (unpaired) electrons. The van der Waals surface area contributed by atoms with Crippen LogP contribution in [-0.2, 0) is 0 Å². The van der Waals surface area contributed by atoms with Gasteiger partial charge in [0.15, 0.2) is 0 Å². The summed E-state index contributed by atoms with van der Waals surface area (Å²) in [6.07, 6.45) is 4.73. The summed E-state index contributed by atoms with van der Waals surface area (Å²) < 4.78 is 0. The van der Waals surface area contributed by atoms with Crippen molar-refractivity contribution in [3.63, 3.8) is 0 Å². The number of nitrogens with zero attached hydrogens (tertiary/aromatic N) is 8. The monoisotopic (exact) mass is 568 g/mol. The maximum Gasteiger partial charge on any atom is 0.0947 e. The predicted octanol–water partition coefficient (Wildman–Crippen LogP) is 6.95. The second-order valence-corrected chi connectivity index (χ2v) is 10.5. The van der Waals surface area contributed by atoms with Gasteiger partial charge in [-0.15, -0.1) is 0 Å². The lowest BCUT2D eigenvalue weighted by molar-refractivity contribution is 1.21. The van der Waals surface area contributed by atoms with Crippen LogP contribution in [0.1, 0.15) is 35.4 Å². The first-order valence-corrected chi connectivity index (χ1v) is 14.4. The quantitative estimate of drug-likeness (QED) is 0.217. The molecule has 2 aliphatic heterocycles. The normalized spacial score (nSPS) is 14.3. The van der Waals surface area contributed by atoms with Gasteiger partial charge in [0, 0.05) is 36.4 Å². The first-order valence-electron chi connectivity index (χ1n) is 14.4. The van der Waals surface area contributed by atoms with Crippen molar-refractivity contribution in [3.05, 3.63) is 144 Å². The van der Waals surface area contributed by atoms with Crippen molar-refractivity contribution >= 4 is 33.6 Å². The summed E-state index contributed by atoms with van der Waals surface area (Å²) in [6.45, 7) is 0. The second-order valence-electron chi connectivity index (χ2n) is 10.5. The Balaban J connectivity index is 1.04. The van der Waals surface area contributed by atoms with Gasteiger partial charge < -0.3 is 0 Å². The molecular formula is C36H24N8. The second kappa shape index (κ2) is 11.0. The summed E-state index contributed by atoms with van der Waals surface area (Å²) in [5.41, 5.74) is 10.5. The fraction of sp³-hybridized carbons (Fsp3) is 0.0556. The maximum atomic E-state index is 4.83. The van der Waals surface area contributed by atoms with E-state index in [1.165, 1.54) is 0 Å². The smallest absolute Gasteiger partial charge is 0.0947 e. The molecule has 0 saturated heterocycles. The van der Waals surface area contributed by atoms with Crippen molar-refractivity contribution in [1.29, 1.82) is 0 Å². The molecule has 2 aromatic carbocycles. The Morgan fingerprint density at radius 1 is 0.341 bits per heavy atom. The number of benzene rings is 2. The van der Waals surface area contributed by atoms with Crippen LogP contribution in [0.3, 0.4) is 0 Å². The zero-order valence-electron chi connectivity index (χ0n) is 23.5. The van der Waals surface area contributed by atoms with Crippen molar-refractivity contribution in [1.82, 2.24) is 19.9 Å². The third-order valence-corrected chi connectivity index (χ3v) is 7.74. The lowest BCUT2D eigenvalue weighted by Gasteiger charge is -2.12. The lowest BCUT2D eigenvalue weighted by atomic mass is 9.91. The zero-order chi connectivity index (χ0) is 29.3. The van der Waals surface area contributed by atoms with Crippen LogP contribution in [0.15, 0.2) is 142 Å². The number of hydrogen-bond acceptors (Lipinski definition) is 8. The topological polar surface area (TPSA) is 101 Å². The van der Waals surface area contributed by atoms with Gasteiger partial charge in [-0.2, -0.15) is 20.4 Å². The average molecular weight is 569 g/mol. The van der Waals surface area contributed by atoms with E-state index in [0.29, 0.717) is 12.8 Å². The summed E-state index contributed by atoms with van der Waals surface area (Å²) >= 11 is 0. The van der Waals surface area contributed by atoms with E-state index in [-0.39, 0.29) is 0 Å². The minimum Gasteiger partial charge on any atom is -0.255 e. The van der Waals surface area contributed by atoms with Crippen molar-refractivity contribution in [2.75, 3.05) is 0 Å². The summed E-state index contributed by atoms with van der Waals surface area (Å²) in [5, 5.41) is 20.5. The largest absolute Gasteiger partial charge is 0.255 e. The fourth-order valence-electron chi connectivity index (χ4n) is 5.59. The van der Waals surface area contributed by atoms with E-state index < -0.39 is 0 Å². The maximum absolute atomic E-state index is 4.83. The third-order valence-electron chi connectivity index (χ3n) is 7.74. The molecule has 44 heavy (non-hydrogen) atoms. The van der Waals surface area contributed by atoms with Crippen molar-refractivity contribution in [3.8, 4) is 22.8 Å². The molecule has 8 rings (SSSR count). The van der Waals surface area contributed by atoms with Crippen LogP contribution < -0.4 is 0 Å². The number of pyridine rings is 4. The molecule has 6 aromatic rings. The number of hydrogen-bond donors (Lipinski definition) is 0. The average Bonchev–Trinajstić information content (AvgIpc) is 3.80. The molecule has 4 aromatic heterocycles. The molecule has 0 spiro atoms. The van der Waals surface area contributed by atoms with Gasteiger partial charge in [-0.1, -0.05) is 60.7 Å². The zero-order valence-corrected chi connectivity index (χ0v) is 23.5. The van der Waals surface area contributed by atoms with Gasteiger partial charge in [-0.05, 0) is 59.3 Å². The van der Waals surface area contributed by atoms with Crippen LogP contribution in [0.2, 0.25) is 0 Å². The van der Waals surface area contributed by atoms with Gasteiger partial charge in [-0.25, -0.2) is 9.97 Å². The van der Waals surface area contributed by atoms with Gasteiger partial charge in [0.1, 0.15) is 0 Å². The highest BCUT2D eigenvalue weighted by molar-refractivity contribution is 6.27. The lowest BCUT2D eigenvalue weighted by Crippen LogP contribution is -2.10. The molecule has 8 heteroatoms. The molecule has 0 N–H and O–H groups in total. The molecule has 8 nitrogen and oxygen atoms in total. The summed E-state index contributed by atoms with van der Waals surface area (Å²) in [6, 6.07) is 36.1. The molecule has 6 heterocycles. The third kappa shape index (κ3) is 4.78. The molecule has 0 aliphatic carbocycles. The van der Waals surface area contributed by atoms with Crippen LogP contribution in [0.4, 0.5) is 0 Å². The molecule has 208 valence electrons. The molecule has 0 fully saturated rings. The Morgan fingerprint density at radius 2 is 0.750 bits per heavy atom. The van der Waals surface area contributed by atoms with Crippen LogP contribution in [-0.4, -0.2) is 42.8 Å². The van der Waals surface area contributed by atoms with E-state index in [1.54, 1.807) is 12.4 Å². The number of fused-ring (bicyclic) bond motifs is 1. The van der Waals surface area contributed by atoms with Crippen molar-refractivity contribution in [2.24, 2.45) is 20.4 Å². The summed E-state index contributed by atoms with van der Waals surface area (Å²) in [7, 11) is 0. The molecule has 0 bridgehead atoms. The molecular weight excluding hydrogens is 544 g/mol. The first kappa shape index (κ1) is 25.7. The van der Waals surface area contributed by atoms with Gasteiger partial charge in [-0.3, -0.25) is 9.97 Å². The SMILES string of the molecule is c1ccc(-c2cccc(C3=NN=C(c4ccc(C5=NN=C(c6cccc(-c7ccccn7)n6)C5)c5ccccc45)C3)n2)nc1. The summed E-state index contributed by atoms with van der Waals surface area (Å²) in [5.74, 6) is 0. The number of rotatable bonds is 6. The van der Waals surface area contributed by atoms with Gasteiger partial charge in [0.2, 0.25) is 0 Å². The molecule has 0 amide bonds. The highest BCUT2D eigenvalue weighted by Crippen LogP contribution is 2.29. The Hall–Kier alpha value is -6.02. The Labute approximate surface area is 253 Å². The van der Waals surface area contributed by atoms with E-state index in [4.69, 9.17) is 9.97 Å². The minimum absolute atomic E-state index is 0.592. The van der Waals surface area contributed by atoms with Gasteiger partial charge in [0.05, 0.1) is 57.0 Å². The van der Waals surface area contributed by atoms with E-state index in [9.17, 15) is 0 Å². The Morgan fingerprint density at radius 3 is 1.20 bits per heavy atom. The van der Waals surface area contributed by atoms with E-state index >= 15 is 0 Å². The van der Waals surface area contributed by atoms with Gasteiger partial charge in [0.25, 0.3) is 0 Å². The Kier molecular flexibility index (Phi) is 6.42. The molecule has 0 saturated carbocycles. The highest BCUT2D eigenvalue weighted by Gasteiger charge is 2.23. The predicted molar refractivity (Wildman–Crippen MR) is 174 cm³/mol. The molecule has 0 atom stereocenters. The van der Waals surface area contributed by atoms with Crippen molar-refractivity contribution < 1.29 is 0 Å². The minimum atomic E-state index is 0.592. The van der Waals surface area contributed by atoms with Crippen LogP contribution in [0, 0.1) is 0 Å². The van der Waals surface area contributed by atoms with Crippen molar-refractivity contribution in [2.45, 2.75) is 12.8 Å². The van der Waals surface area contributed by atoms with Gasteiger partial charge >= 0.3 is 0 Å². The standard InChI is InChI=1S/C36H24N8/c1-2-10-24-23(9-1)25(33-21-35(43-41-33)31-15-7-13-29(39-31)27-11-3-5-19-37-27)17-18-26(24)34-22-36(44-42-34)32-16-8-14-30(40-32)28-12-4-6-20-38-28/h1-20H,21-22H2. The van der Waals surface area contributed by atoms with E-state index in [1.807, 2.05) is 72.8 Å². The van der Waals surface area contributed by atoms with E-state index in [0.717, 1.165) is 78.9 Å². The summed E-state index contributed by atoms with van der Waals surface area (Å²) in [4.78, 5) is 18.5. The van der Waals surface area contributed by atoms with Crippen LogP contribution in [0.25, 0.3) is 33.5 Å². The molecule has 2 aliphatic rings.